The topological polar surface area (TPSA) is 111 Å². The smallest absolute Gasteiger partial charge is 0.270 e. The van der Waals surface area contributed by atoms with E-state index in [0.29, 0.717) is 5.75 Å². The van der Waals surface area contributed by atoms with Crippen LogP contribution in [0, 0.1) is 10.1 Å². The molecule has 0 saturated carbocycles. The van der Waals surface area contributed by atoms with Crippen molar-refractivity contribution in [2.24, 2.45) is 0 Å². The Balaban J connectivity index is 1.69. The molecule has 158 valence electrons. The van der Waals surface area contributed by atoms with Crippen LogP contribution in [0.15, 0.2) is 78.9 Å². The number of carbonyl (C=O) groups is 2. The number of hydrogen-bond donors (Lipinski definition) is 2. The first kappa shape index (κ1) is 21.5. The van der Waals surface area contributed by atoms with Gasteiger partial charge in [-0.1, -0.05) is 48.5 Å². The molecular formula is C23H21N3O5. The van der Waals surface area contributed by atoms with E-state index >= 15 is 0 Å². The minimum atomic E-state index is -0.581. The lowest BCUT2D eigenvalue weighted by atomic mass is 9.98. The predicted octanol–water partition coefficient (Wildman–Crippen LogP) is 3.24. The van der Waals surface area contributed by atoms with Gasteiger partial charge in [0.1, 0.15) is 5.75 Å². The lowest BCUT2D eigenvalue weighted by Crippen LogP contribution is -2.39. The fourth-order valence-electron chi connectivity index (χ4n) is 3.04. The summed E-state index contributed by atoms with van der Waals surface area (Å²) in [6.07, 6.45) is 0. The first-order chi connectivity index (χ1) is 15.0. The number of benzene rings is 3. The Bertz CT molecular complexity index is 1070. The lowest BCUT2D eigenvalue weighted by Gasteiger charge is -2.20. The number of carbonyl (C=O) groups excluding carboxylic acids is 2. The van der Waals surface area contributed by atoms with E-state index in [9.17, 15) is 19.7 Å². The van der Waals surface area contributed by atoms with E-state index < -0.39 is 22.8 Å². The minimum absolute atomic E-state index is 0.108. The summed E-state index contributed by atoms with van der Waals surface area (Å²) in [6.45, 7) is -0.277. The molecule has 8 nitrogen and oxygen atoms in total. The first-order valence-corrected chi connectivity index (χ1v) is 9.49. The van der Waals surface area contributed by atoms with Crippen LogP contribution in [-0.2, 0) is 4.79 Å². The van der Waals surface area contributed by atoms with Crippen LogP contribution in [0.2, 0.25) is 0 Å². The molecule has 0 bridgehead atoms. The number of nitro benzene ring substituents is 1. The van der Waals surface area contributed by atoms with Gasteiger partial charge in [0, 0.05) is 17.7 Å². The zero-order chi connectivity index (χ0) is 22.2. The second-order valence-corrected chi connectivity index (χ2v) is 6.67. The Morgan fingerprint density at radius 2 is 1.65 bits per heavy atom. The van der Waals surface area contributed by atoms with Crippen molar-refractivity contribution >= 4 is 17.5 Å². The predicted molar refractivity (Wildman–Crippen MR) is 115 cm³/mol. The van der Waals surface area contributed by atoms with Crippen LogP contribution in [0.3, 0.4) is 0 Å². The van der Waals surface area contributed by atoms with Crippen molar-refractivity contribution in [3.05, 3.63) is 106 Å². The van der Waals surface area contributed by atoms with Gasteiger partial charge in [-0.15, -0.1) is 0 Å². The van der Waals surface area contributed by atoms with E-state index in [4.69, 9.17) is 4.74 Å². The molecule has 3 aromatic carbocycles. The Hall–Kier alpha value is -4.20. The SMILES string of the molecule is COc1ccc(C(NC(=O)CNC(=O)c2cccc([N+](=O)[O-])c2)c2ccccc2)cc1. The maximum atomic E-state index is 12.6. The van der Waals surface area contributed by atoms with Crippen LogP contribution in [0.25, 0.3) is 0 Å². The number of nitrogens with one attached hydrogen (secondary N) is 2. The summed E-state index contributed by atoms with van der Waals surface area (Å²) in [5, 5.41) is 16.3. The molecule has 1 unspecified atom stereocenters. The third-order valence-electron chi connectivity index (χ3n) is 4.62. The van der Waals surface area contributed by atoms with E-state index in [1.165, 1.54) is 18.2 Å². The lowest BCUT2D eigenvalue weighted by molar-refractivity contribution is -0.384. The van der Waals surface area contributed by atoms with Crippen LogP contribution >= 0.6 is 0 Å². The maximum absolute atomic E-state index is 12.6. The molecule has 3 aromatic rings. The Morgan fingerprint density at radius 1 is 0.968 bits per heavy atom. The van der Waals surface area contributed by atoms with Crippen LogP contribution in [0.1, 0.15) is 27.5 Å². The van der Waals surface area contributed by atoms with E-state index in [1.54, 1.807) is 7.11 Å². The largest absolute Gasteiger partial charge is 0.497 e. The van der Waals surface area contributed by atoms with Crippen molar-refractivity contribution in [2.45, 2.75) is 6.04 Å². The van der Waals surface area contributed by atoms with Crippen LogP contribution in [-0.4, -0.2) is 30.4 Å². The maximum Gasteiger partial charge on any atom is 0.270 e. The summed E-state index contributed by atoms with van der Waals surface area (Å²) >= 11 is 0. The number of hydrogen-bond acceptors (Lipinski definition) is 5. The fraction of sp³-hybridized carbons (Fsp3) is 0.130. The number of amides is 2. The normalized spacial score (nSPS) is 11.3. The molecule has 8 heteroatoms. The average Bonchev–Trinajstić information content (AvgIpc) is 2.81. The highest BCUT2D eigenvalue weighted by molar-refractivity contribution is 5.97. The molecule has 0 saturated heterocycles. The number of rotatable bonds is 8. The number of non-ortho nitro benzene ring substituents is 1. The van der Waals surface area contributed by atoms with Gasteiger partial charge in [-0.3, -0.25) is 19.7 Å². The summed E-state index contributed by atoms with van der Waals surface area (Å²) in [4.78, 5) is 35.2. The second-order valence-electron chi connectivity index (χ2n) is 6.67. The van der Waals surface area contributed by atoms with Gasteiger partial charge in [0.15, 0.2) is 0 Å². The van der Waals surface area contributed by atoms with Crippen LogP contribution in [0.4, 0.5) is 5.69 Å². The molecule has 1 atom stereocenters. The summed E-state index contributed by atoms with van der Waals surface area (Å²) < 4.78 is 5.19. The third kappa shape index (κ3) is 5.66. The zero-order valence-electron chi connectivity index (χ0n) is 16.8. The van der Waals surface area contributed by atoms with Gasteiger partial charge in [0.05, 0.1) is 24.6 Å². The number of methoxy groups -OCH3 is 1. The number of nitro groups is 1. The zero-order valence-corrected chi connectivity index (χ0v) is 16.8. The molecule has 0 heterocycles. The molecule has 0 aliphatic rings. The molecule has 0 aromatic heterocycles. The highest BCUT2D eigenvalue weighted by Gasteiger charge is 2.18. The summed E-state index contributed by atoms with van der Waals surface area (Å²) in [5.41, 5.74) is 1.65. The van der Waals surface area contributed by atoms with Crippen molar-refractivity contribution in [3.8, 4) is 5.75 Å². The standard InChI is InChI=1S/C23H21N3O5/c1-31-20-12-10-17(11-13-20)22(16-6-3-2-4-7-16)25-21(27)15-24-23(28)18-8-5-9-19(14-18)26(29)30/h2-14,22H,15H2,1H3,(H,24,28)(H,25,27). The highest BCUT2D eigenvalue weighted by atomic mass is 16.6. The Morgan fingerprint density at radius 3 is 2.29 bits per heavy atom. The molecular weight excluding hydrogens is 398 g/mol. The summed E-state index contributed by atoms with van der Waals surface area (Å²) in [6, 6.07) is 21.7. The van der Waals surface area contributed by atoms with Gasteiger partial charge >= 0.3 is 0 Å². The molecule has 2 amide bonds. The van der Waals surface area contributed by atoms with Gasteiger partial charge in [-0.05, 0) is 29.3 Å². The third-order valence-corrected chi connectivity index (χ3v) is 4.62. The van der Waals surface area contributed by atoms with Gasteiger partial charge in [-0.25, -0.2) is 0 Å². The van der Waals surface area contributed by atoms with Crippen LogP contribution in [0.5, 0.6) is 5.75 Å². The van der Waals surface area contributed by atoms with Gasteiger partial charge in [0.2, 0.25) is 5.91 Å². The van der Waals surface area contributed by atoms with E-state index in [2.05, 4.69) is 10.6 Å². The van der Waals surface area contributed by atoms with Gasteiger partial charge in [0.25, 0.3) is 11.6 Å². The molecule has 31 heavy (non-hydrogen) atoms. The second kappa shape index (κ2) is 10.0. The molecule has 0 aliphatic heterocycles. The molecule has 0 radical (unpaired) electrons. The highest BCUT2D eigenvalue weighted by Crippen LogP contribution is 2.24. The van der Waals surface area contributed by atoms with E-state index in [0.717, 1.165) is 17.2 Å². The van der Waals surface area contributed by atoms with E-state index in [-0.39, 0.29) is 17.8 Å². The molecule has 0 spiro atoms. The Kier molecular flexibility index (Phi) is 6.95. The summed E-state index contributed by atoms with van der Waals surface area (Å²) in [7, 11) is 1.58. The fourth-order valence-corrected chi connectivity index (χ4v) is 3.04. The molecule has 2 N–H and O–H groups in total. The van der Waals surface area contributed by atoms with Gasteiger partial charge < -0.3 is 15.4 Å². The van der Waals surface area contributed by atoms with Crippen molar-refractivity contribution in [1.82, 2.24) is 10.6 Å². The number of ether oxygens (including phenoxy) is 1. The van der Waals surface area contributed by atoms with Crippen molar-refractivity contribution in [2.75, 3.05) is 13.7 Å². The molecule has 3 rings (SSSR count). The van der Waals surface area contributed by atoms with Crippen molar-refractivity contribution in [1.29, 1.82) is 0 Å². The average molecular weight is 419 g/mol. The van der Waals surface area contributed by atoms with Crippen molar-refractivity contribution < 1.29 is 19.2 Å². The van der Waals surface area contributed by atoms with Crippen molar-refractivity contribution in [3.63, 3.8) is 0 Å². The minimum Gasteiger partial charge on any atom is -0.497 e. The van der Waals surface area contributed by atoms with Crippen LogP contribution < -0.4 is 15.4 Å². The first-order valence-electron chi connectivity index (χ1n) is 9.49. The molecule has 0 fully saturated rings. The van der Waals surface area contributed by atoms with Gasteiger partial charge in [-0.2, -0.15) is 0 Å². The molecule has 0 aliphatic carbocycles. The van der Waals surface area contributed by atoms with E-state index in [1.807, 2.05) is 54.6 Å². The number of nitrogens with zero attached hydrogens (tertiary/aromatic N) is 1. The Labute approximate surface area is 179 Å². The quantitative estimate of drug-likeness (QED) is 0.430. The summed E-state index contributed by atoms with van der Waals surface area (Å²) in [5.74, 6) is -0.269. The monoisotopic (exact) mass is 419 g/mol.